The topological polar surface area (TPSA) is 53.1 Å². The smallest absolute Gasteiger partial charge is 0.157 e. The number of nitrogens with two attached hydrogens (primary N) is 1. The highest BCUT2D eigenvalue weighted by Crippen LogP contribution is 2.23. The molecule has 1 aliphatic rings. The molecule has 12 heavy (non-hydrogen) atoms. The second-order valence-electron chi connectivity index (χ2n) is 3.32. The van der Waals surface area contributed by atoms with Crippen LogP contribution in [0.1, 0.15) is 12.8 Å². The Morgan fingerprint density at radius 3 is 2.92 bits per heavy atom. The molecule has 2 rings (SSSR count). The summed E-state index contributed by atoms with van der Waals surface area (Å²) in [5.74, 6) is 0.842. The summed E-state index contributed by atoms with van der Waals surface area (Å²) in [7, 11) is 1.87. The normalized spacial score (nSPS) is 28.2. The molecule has 0 spiro atoms. The summed E-state index contributed by atoms with van der Waals surface area (Å²) in [4.78, 5) is 0. The van der Waals surface area contributed by atoms with Crippen LogP contribution in [-0.4, -0.2) is 21.9 Å². The number of ether oxygens (including phenoxy) is 1. The van der Waals surface area contributed by atoms with Crippen molar-refractivity contribution in [2.45, 2.75) is 25.0 Å². The number of hydrogen-bond acceptors (Lipinski definition) is 3. The fourth-order valence-electron chi connectivity index (χ4n) is 1.35. The van der Waals surface area contributed by atoms with Gasteiger partial charge in [-0.15, -0.1) is 0 Å². The maximum atomic E-state index is 5.63. The molecule has 2 N–H and O–H groups in total. The third-order valence-corrected chi connectivity index (χ3v) is 2.12. The summed E-state index contributed by atoms with van der Waals surface area (Å²) in [6.07, 6.45) is 5.83. The van der Waals surface area contributed by atoms with Gasteiger partial charge >= 0.3 is 0 Å². The van der Waals surface area contributed by atoms with Crippen LogP contribution in [0.3, 0.4) is 0 Å². The summed E-state index contributed by atoms with van der Waals surface area (Å²) < 4.78 is 7.31. The van der Waals surface area contributed by atoms with Crippen molar-refractivity contribution in [2.24, 2.45) is 12.8 Å². The zero-order chi connectivity index (χ0) is 8.55. The molecule has 1 aliphatic carbocycles. The molecule has 1 aromatic heterocycles. The first kappa shape index (κ1) is 7.61. The highest BCUT2D eigenvalue weighted by Gasteiger charge is 2.27. The number of hydrogen-bond donors (Lipinski definition) is 1. The van der Waals surface area contributed by atoms with Gasteiger partial charge in [0.05, 0.1) is 12.4 Å². The van der Waals surface area contributed by atoms with E-state index in [1.165, 1.54) is 0 Å². The minimum absolute atomic E-state index is 0.309. The van der Waals surface area contributed by atoms with Gasteiger partial charge in [0, 0.05) is 13.1 Å². The van der Waals surface area contributed by atoms with Gasteiger partial charge in [-0.05, 0) is 12.8 Å². The second-order valence-corrected chi connectivity index (χ2v) is 3.32. The van der Waals surface area contributed by atoms with E-state index < -0.39 is 0 Å². The first-order valence-electron chi connectivity index (χ1n) is 4.15. The zero-order valence-electron chi connectivity index (χ0n) is 7.10. The van der Waals surface area contributed by atoms with Gasteiger partial charge in [0.15, 0.2) is 5.75 Å². The summed E-state index contributed by atoms with van der Waals surface area (Å²) in [5, 5.41) is 4.01. The summed E-state index contributed by atoms with van der Waals surface area (Å²) in [6, 6.07) is 0.340. The predicted octanol–water partition coefficient (Wildman–Crippen LogP) is 0.289. The molecule has 0 amide bonds. The molecule has 4 heteroatoms. The van der Waals surface area contributed by atoms with Gasteiger partial charge in [-0.2, -0.15) is 5.10 Å². The van der Waals surface area contributed by atoms with E-state index in [0.29, 0.717) is 12.1 Å². The number of rotatable bonds is 2. The van der Waals surface area contributed by atoms with Crippen molar-refractivity contribution in [3.8, 4) is 5.75 Å². The van der Waals surface area contributed by atoms with Crippen LogP contribution in [0.4, 0.5) is 0 Å². The van der Waals surface area contributed by atoms with E-state index in [2.05, 4.69) is 5.10 Å². The molecule has 0 saturated heterocycles. The van der Waals surface area contributed by atoms with E-state index in [4.69, 9.17) is 10.5 Å². The average Bonchev–Trinajstić information content (AvgIpc) is 2.33. The third kappa shape index (κ3) is 1.43. The molecule has 66 valence electrons. The summed E-state index contributed by atoms with van der Waals surface area (Å²) >= 11 is 0. The van der Waals surface area contributed by atoms with Crippen molar-refractivity contribution in [1.29, 1.82) is 0 Å². The van der Waals surface area contributed by atoms with Crippen molar-refractivity contribution in [1.82, 2.24) is 9.78 Å². The van der Waals surface area contributed by atoms with Crippen LogP contribution in [0.15, 0.2) is 12.4 Å². The number of nitrogens with zero attached hydrogens (tertiary/aromatic N) is 2. The second kappa shape index (κ2) is 2.79. The quantitative estimate of drug-likeness (QED) is 0.688. The molecule has 0 bridgehead atoms. The van der Waals surface area contributed by atoms with Gasteiger partial charge in [0.2, 0.25) is 0 Å². The van der Waals surface area contributed by atoms with Gasteiger partial charge < -0.3 is 10.5 Å². The van der Waals surface area contributed by atoms with E-state index in [-0.39, 0.29) is 0 Å². The molecule has 1 heterocycles. The van der Waals surface area contributed by atoms with E-state index in [0.717, 1.165) is 18.6 Å². The van der Waals surface area contributed by atoms with Crippen molar-refractivity contribution < 1.29 is 4.74 Å². The van der Waals surface area contributed by atoms with E-state index >= 15 is 0 Å². The van der Waals surface area contributed by atoms with Crippen molar-refractivity contribution in [2.75, 3.05) is 0 Å². The Hall–Kier alpha value is -1.03. The lowest BCUT2D eigenvalue weighted by Crippen LogP contribution is -2.43. The lowest BCUT2D eigenvalue weighted by atomic mass is 9.90. The molecule has 0 atom stereocenters. The monoisotopic (exact) mass is 167 g/mol. The van der Waals surface area contributed by atoms with Crippen LogP contribution in [-0.2, 0) is 7.05 Å². The summed E-state index contributed by atoms with van der Waals surface area (Å²) in [5.41, 5.74) is 5.63. The lowest BCUT2D eigenvalue weighted by Gasteiger charge is -2.31. The van der Waals surface area contributed by atoms with Gasteiger partial charge in [-0.25, -0.2) is 0 Å². The first-order chi connectivity index (χ1) is 5.74. The largest absolute Gasteiger partial charge is 0.487 e. The Bertz CT molecular complexity index is 265. The maximum Gasteiger partial charge on any atom is 0.157 e. The Kier molecular flexibility index (Phi) is 1.77. The van der Waals surface area contributed by atoms with Gasteiger partial charge in [0.1, 0.15) is 6.10 Å². The van der Waals surface area contributed by atoms with Crippen molar-refractivity contribution in [3.63, 3.8) is 0 Å². The van der Waals surface area contributed by atoms with Gasteiger partial charge in [-0.1, -0.05) is 0 Å². The first-order valence-corrected chi connectivity index (χ1v) is 4.15. The van der Waals surface area contributed by atoms with Crippen molar-refractivity contribution >= 4 is 0 Å². The average molecular weight is 167 g/mol. The molecule has 0 unspecified atom stereocenters. The van der Waals surface area contributed by atoms with E-state index in [1.807, 2.05) is 13.2 Å². The Morgan fingerprint density at radius 2 is 2.42 bits per heavy atom. The minimum atomic E-state index is 0.309. The molecular formula is C8H13N3O. The molecule has 0 radical (unpaired) electrons. The molecule has 4 nitrogen and oxygen atoms in total. The van der Waals surface area contributed by atoms with E-state index in [9.17, 15) is 0 Å². The molecule has 0 aromatic carbocycles. The number of aryl methyl sites for hydroxylation is 1. The molecule has 0 aliphatic heterocycles. The molecular weight excluding hydrogens is 154 g/mol. The predicted molar refractivity (Wildman–Crippen MR) is 44.8 cm³/mol. The standard InChI is InChI=1S/C8H13N3O/c1-11-5-8(4-10-11)12-7-2-6(9)3-7/h4-7H,2-3,9H2,1H3. The zero-order valence-corrected chi connectivity index (χ0v) is 7.10. The molecule has 1 fully saturated rings. The maximum absolute atomic E-state index is 5.63. The van der Waals surface area contributed by atoms with Crippen molar-refractivity contribution in [3.05, 3.63) is 12.4 Å². The van der Waals surface area contributed by atoms with Crippen LogP contribution in [0.25, 0.3) is 0 Å². The third-order valence-electron chi connectivity index (χ3n) is 2.12. The Labute approximate surface area is 71.3 Å². The molecule has 1 saturated carbocycles. The Morgan fingerprint density at radius 1 is 1.67 bits per heavy atom. The van der Waals surface area contributed by atoms with Gasteiger partial charge in [-0.3, -0.25) is 4.68 Å². The highest BCUT2D eigenvalue weighted by atomic mass is 16.5. The SMILES string of the molecule is Cn1cc(OC2CC(N)C2)cn1. The fraction of sp³-hybridized carbons (Fsp3) is 0.625. The van der Waals surface area contributed by atoms with Crippen LogP contribution >= 0.6 is 0 Å². The minimum Gasteiger partial charge on any atom is -0.487 e. The van der Waals surface area contributed by atoms with Crippen LogP contribution < -0.4 is 10.5 Å². The highest BCUT2D eigenvalue weighted by molar-refractivity contribution is 5.12. The summed E-state index contributed by atoms with van der Waals surface area (Å²) in [6.45, 7) is 0. The number of aromatic nitrogens is 2. The van der Waals surface area contributed by atoms with E-state index in [1.54, 1.807) is 10.9 Å². The molecule has 1 aromatic rings. The lowest BCUT2D eigenvalue weighted by molar-refractivity contribution is 0.101. The van der Waals surface area contributed by atoms with Crippen LogP contribution in [0.2, 0.25) is 0 Å². The van der Waals surface area contributed by atoms with Gasteiger partial charge in [0.25, 0.3) is 0 Å². The Balaban J connectivity index is 1.88. The van der Waals surface area contributed by atoms with Crippen LogP contribution in [0, 0.1) is 0 Å². The van der Waals surface area contributed by atoms with Crippen LogP contribution in [0.5, 0.6) is 5.75 Å². The fourth-order valence-corrected chi connectivity index (χ4v) is 1.35.